The van der Waals surface area contributed by atoms with E-state index in [1.807, 2.05) is 25.1 Å². The van der Waals surface area contributed by atoms with Gasteiger partial charge in [0.1, 0.15) is 6.61 Å². The molecule has 1 amide bonds. The lowest BCUT2D eigenvalue weighted by Gasteiger charge is -2.18. The van der Waals surface area contributed by atoms with Crippen molar-refractivity contribution >= 4 is 11.8 Å². The van der Waals surface area contributed by atoms with Crippen molar-refractivity contribution in [3.8, 4) is 0 Å². The third-order valence-corrected chi connectivity index (χ3v) is 1.99. The Morgan fingerprint density at radius 1 is 1.50 bits per heavy atom. The molecule has 62 valence electrons. The number of carbonyl (C=O) groups is 1. The number of anilines is 1. The smallest absolute Gasteiger partial charge is 0.411 e. The lowest BCUT2D eigenvalue weighted by Crippen LogP contribution is -2.20. The van der Waals surface area contributed by atoms with Gasteiger partial charge in [0.2, 0.25) is 0 Å². The van der Waals surface area contributed by atoms with Gasteiger partial charge in [-0.25, -0.2) is 4.79 Å². The van der Waals surface area contributed by atoms with Gasteiger partial charge in [0, 0.05) is 5.56 Å². The molecule has 3 heteroatoms. The number of cyclic esters (lactones) is 1. The van der Waals surface area contributed by atoms with E-state index < -0.39 is 0 Å². The first-order valence-electron chi connectivity index (χ1n) is 3.79. The minimum Gasteiger partial charge on any atom is -0.444 e. The number of hydrogen-bond acceptors (Lipinski definition) is 2. The molecule has 1 N–H and O–H groups in total. The first-order valence-corrected chi connectivity index (χ1v) is 3.79. The molecule has 12 heavy (non-hydrogen) atoms. The third-order valence-electron chi connectivity index (χ3n) is 1.99. The van der Waals surface area contributed by atoms with E-state index in [4.69, 9.17) is 4.74 Å². The summed E-state index contributed by atoms with van der Waals surface area (Å²) < 4.78 is 4.84. The summed E-state index contributed by atoms with van der Waals surface area (Å²) in [4.78, 5) is 10.8. The lowest BCUT2D eigenvalue weighted by molar-refractivity contribution is 0.151. The summed E-state index contributed by atoms with van der Waals surface area (Å²) in [5.74, 6) is 0. The molecule has 0 aliphatic carbocycles. The zero-order valence-corrected chi connectivity index (χ0v) is 6.76. The Morgan fingerprint density at radius 2 is 2.33 bits per heavy atom. The molecule has 0 unspecified atom stereocenters. The molecule has 1 aromatic rings. The highest BCUT2D eigenvalue weighted by Crippen LogP contribution is 2.23. The van der Waals surface area contributed by atoms with Gasteiger partial charge in [-0.1, -0.05) is 12.1 Å². The van der Waals surface area contributed by atoms with E-state index in [1.54, 1.807) is 0 Å². The molecule has 0 aromatic heterocycles. The number of nitrogens with one attached hydrogen (secondary N) is 1. The predicted octanol–water partition coefficient (Wildman–Crippen LogP) is 2.06. The van der Waals surface area contributed by atoms with E-state index in [1.165, 1.54) is 0 Å². The van der Waals surface area contributed by atoms with Gasteiger partial charge < -0.3 is 4.74 Å². The van der Waals surface area contributed by atoms with E-state index in [2.05, 4.69) is 5.32 Å². The quantitative estimate of drug-likeness (QED) is 0.635. The second-order valence-electron chi connectivity index (χ2n) is 2.80. The first kappa shape index (κ1) is 7.16. The molecule has 2 rings (SSSR count). The fraction of sp³-hybridized carbons (Fsp3) is 0.222. The summed E-state index contributed by atoms with van der Waals surface area (Å²) in [5, 5.41) is 2.64. The van der Waals surface area contributed by atoms with Crippen LogP contribution in [0.4, 0.5) is 10.5 Å². The van der Waals surface area contributed by atoms with Crippen LogP contribution in [0.15, 0.2) is 18.2 Å². The van der Waals surface area contributed by atoms with Gasteiger partial charge in [-0.2, -0.15) is 0 Å². The lowest BCUT2D eigenvalue weighted by atomic mass is 10.1. The molecule has 0 atom stereocenters. The maximum Gasteiger partial charge on any atom is 0.411 e. The SMILES string of the molecule is Cc1cccc2c1COC(=O)N2. The summed E-state index contributed by atoms with van der Waals surface area (Å²) >= 11 is 0. The molecular weight excluding hydrogens is 154 g/mol. The minimum atomic E-state index is -0.367. The molecule has 1 aliphatic heterocycles. The number of aryl methyl sites for hydroxylation is 1. The molecule has 0 saturated carbocycles. The normalized spacial score (nSPS) is 14.6. The minimum absolute atomic E-state index is 0.367. The van der Waals surface area contributed by atoms with Gasteiger partial charge >= 0.3 is 6.09 Å². The monoisotopic (exact) mass is 163 g/mol. The Bertz CT molecular complexity index is 333. The molecule has 0 bridgehead atoms. The molecule has 1 aromatic carbocycles. The standard InChI is InChI=1S/C9H9NO2/c1-6-3-2-4-8-7(6)5-12-9(11)10-8/h2-4H,5H2,1H3,(H,10,11). The molecule has 0 spiro atoms. The van der Waals surface area contributed by atoms with Crippen LogP contribution in [0.2, 0.25) is 0 Å². The third kappa shape index (κ3) is 1.03. The second kappa shape index (κ2) is 2.52. The molecule has 0 saturated heterocycles. The van der Waals surface area contributed by atoms with Crippen molar-refractivity contribution in [2.45, 2.75) is 13.5 Å². The van der Waals surface area contributed by atoms with Crippen LogP contribution in [0.5, 0.6) is 0 Å². The second-order valence-corrected chi connectivity index (χ2v) is 2.80. The number of amides is 1. The van der Waals surface area contributed by atoms with E-state index in [9.17, 15) is 4.79 Å². The van der Waals surface area contributed by atoms with Crippen molar-refractivity contribution in [2.24, 2.45) is 0 Å². The Kier molecular flexibility index (Phi) is 1.50. The Labute approximate surface area is 70.3 Å². The van der Waals surface area contributed by atoms with Crippen LogP contribution in [0.25, 0.3) is 0 Å². The maximum atomic E-state index is 10.8. The molecular formula is C9H9NO2. The maximum absolute atomic E-state index is 10.8. The number of benzene rings is 1. The van der Waals surface area contributed by atoms with Gasteiger partial charge in [-0.05, 0) is 18.6 Å². The summed E-state index contributed by atoms with van der Waals surface area (Å²) in [5.41, 5.74) is 3.08. The number of carbonyl (C=O) groups excluding carboxylic acids is 1. The van der Waals surface area contributed by atoms with Gasteiger partial charge in [-0.15, -0.1) is 0 Å². The van der Waals surface area contributed by atoms with Crippen LogP contribution < -0.4 is 5.32 Å². The van der Waals surface area contributed by atoms with Crippen LogP contribution in [0.1, 0.15) is 11.1 Å². The molecule has 1 heterocycles. The van der Waals surface area contributed by atoms with Crippen LogP contribution in [0.3, 0.4) is 0 Å². The van der Waals surface area contributed by atoms with Crippen molar-refractivity contribution in [3.05, 3.63) is 29.3 Å². The fourth-order valence-corrected chi connectivity index (χ4v) is 1.29. The Balaban J connectivity index is 2.48. The predicted molar refractivity (Wildman–Crippen MR) is 45.0 cm³/mol. The largest absolute Gasteiger partial charge is 0.444 e. The highest BCUT2D eigenvalue weighted by atomic mass is 16.5. The first-order chi connectivity index (χ1) is 5.77. The van der Waals surface area contributed by atoms with Gasteiger partial charge in [0.25, 0.3) is 0 Å². The summed E-state index contributed by atoms with van der Waals surface area (Å²) in [6.07, 6.45) is -0.367. The zero-order valence-electron chi connectivity index (χ0n) is 6.76. The van der Waals surface area contributed by atoms with E-state index in [-0.39, 0.29) is 6.09 Å². The van der Waals surface area contributed by atoms with Crippen LogP contribution >= 0.6 is 0 Å². The van der Waals surface area contributed by atoms with Gasteiger partial charge in [0.05, 0.1) is 5.69 Å². The van der Waals surface area contributed by atoms with E-state index >= 15 is 0 Å². The van der Waals surface area contributed by atoms with Crippen molar-refractivity contribution in [1.29, 1.82) is 0 Å². The molecule has 0 fully saturated rings. The zero-order chi connectivity index (χ0) is 8.55. The Morgan fingerprint density at radius 3 is 3.17 bits per heavy atom. The van der Waals surface area contributed by atoms with E-state index in [0.29, 0.717) is 6.61 Å². The van der Waals surface area contributed by atoms with Gasteiger partial charge in [-0.3, -0.25) is 5.32 Å². The number of rotatable bonds is 0. The molecule has 0 radical (unpaired) electrons. The molecule has 3 nitrogen and oxygen atoms in total. The van der Waals surface area contributed by atoms with Crippen molar-refractivity contribution < 1.29 is 9.53 Å². The highest BCUT2D eigenvalue weighted by molar-refractivity contribution is 5.87. The molecule has 1 aliphatic rings. The highest BCUT2D eigenvalue weighted by Gasteiger charge is 2.15. The van der Waals surface area contributed by atoms with Crippen LogP contribution in [-0.4, -0.2) is 6.09 Å². The number of ether oxygens (including phenoxy) is 1. The Hall–Kier alpha value is -1.51. The average molecular weight is 163 g/mol. The van der Waals surface area contributed by atoms with E-state index in [0.717, 1.165) is 16.8 Å². The van der Waals surface area contributed by atoms with Gasteiger partial charge in [0.15, 0.2) is 0 Å². The average Bonchev–Trinajstić information content (AvgIpc) is 2.04. The van der Waals surface area contributed by atoms with Crippen LogP contribution in [-0.2, 0) is 11.3 Å². The fourth-order valence-electron chi connectivity index (χ4n) is 1.29. The number of hydrogen-bond donors (Lipinski definition) is 1. The van der Waals surface area contributed by atoms with Crippen molar-refractivity contribution in [3.63, 3.8) is 0 Å². The number of fused-ring (bicyclic) bond motifs is 1. The summed E-state index contributed by atoms with van der Waals surface area (Å²) in [7, 11) is 0. The topological polar surface area (TPSA) is 38.3 Å². The summed E-state index contributed by atoms with van der Waals surface area (Å²) in [6.45, 7) is 2.38. The van der Waals surface area contributed by atoms with Crippen LogP contribution in [0, 0.1) is 6.92 Å². The van der Waals surface area contributed by atoms with Crippen molar-refractivity contribution in [2.75, 3.05) is 5.32 Å². The van der Waals surface area contributed by atoms with Crippen molar-refractivity contribution in [1.82, 2.24) is 0 Å². The summed E-state index contributed by atoms with van der Waals surface area (Å²) in [6, 6.07) is 5.79.